The van der Waals surface area contributed by atoms with Crippen molar-refractivity contribution >= 4 is 12.1 Å². The van der Waals surface area contributed by atoms with E-state index in [1.54, 1.807) is 0 Å². The molecule has 0 aliphatic heterocycles. The van der Waals surface area contributed by atoms with Gasteiger partial charge >= 0.3 is 0 Å². The maximum Gasteiger partial charge on any atom is 0.202 e. The zero-order valence-corrected chi connectivity index (χ0v) is 5.41. The van der Waals surface area contributed by atoms with Gasteiger partial charge < -0.3 is 0 Å². The van der Waals surface area contributed by atoms with Crippen molar-refractivity contribution < 1.29 is 9.59 Å². The zero-order chi connectivity index (χ0) is 6.88. The average Bonchev–Trinajstić information content (AvgIpc) is 2.29. The molecule has 0 heterocycles. The Balaban J connectivity index is 2.09. The molecule has 4 rings (SSSR count). The fraction of sp³-hybridized carbons (Fsp3) is 0.750. The van der Waals surface area contributed by atoms with Gasteiger partial charge in [-0.15, -0.1) is 0 Å². The van der Waals surface area contributed by atoms with Gasteiger partial charge in [0, 0.05) is 17.8 Å². The van der Waals surface area contributed by atoms with Crippen LogP contribution in [0.2, 0.25) is 0 Å². The molecule has 51 valence electrons. The van der Waals surface area contributed by atoms with Crippen molar-refractivity contribution in [3.05, 3.63) is 0 Å². The maximum atomic E-state index is 11.2. The number of ketones is 1. The highest BCUT2D eigenvalue weighted by Gasteiger charge is 2.73. The van der Waals surface area contributed by atoms with Gasteiger partial charge in [0.05, 0.1) is 0 Å². The summed E-state index contributed by atoms with van der Waals surface area (Å²) in [6.45, 7) is 0. The lowest BCUT2D eigenvalue weighted by molar-refractivity contribution is -0.121. The molecule has 4 bridgehead atoms. The Kier molecular flexibility index (Phi) is 0.607. The van der Waals surface area contributed by atoms with Crippen LogP contribution in [0.3, 0.4) is 0 Å². The standard InChI is InChI=1S/C8H7O2/c9-2-5-3-1-4-6(5)7(4)8(3)10/h3-7H,1H2. The summed E-state index contributed by atoms with van der Waals surface area (Å²) >= 11 is 0. The number of hydrogen-bond acceptors (Lipinski definition) is 2. The van der Waals surface area contributed by atoms with Crippen molar-refractivity contribution in [3.63, 3.8) is 0 Å². The Hall–Kier alpha value is -0.660. The topological polar surface area (TPSA) is 34.1 Å². The van der Waals surface area contributed by atoms with Crippen molar-refractivity contribution in [3.8, 4) is 0 Å². The van der Waals surface area contributed by atoms with E-state index in [1.165, 1.54) is 0 Å². The highest BCUT2D eigenvalue weighted by Crippen LogP contribution is 2.70. The molecule has 4 aliphatic rings. The highest BCUT2D eigenvalue weighted by molar-refractivity contribution is 5.96. The zero-order valence-electron chi connectivity index (χ0n) is 5.41. The van der Waals surface area contributed by atoms with Gasteiger partial charge in [-0.25, -0.2) is 0 Å². The SMILES string of the molecule is O=[C]C1C2CC3C(C2=O)C13. The third-order valence-electron chi connectivity index (χ3n) is 3.43. The average molecular weight is 135 g/mol. The smallest absolute Gasteiger partial charge is 0.202 e. The molecule has 0 spiro atoms. The van der Waals surface area contributed by atoms with Crippen molar-refractivity contribution in [2.24, 2.45) is 29.6 Å². The van der Waals surface area contributed by atoms with Crippen LogP contribution in [0.4, 0.5) is 0 Å². The Morgan fingerprint density at radius 1 is 1.50 bits per heavy atom. The summed E-state index contributed by atoms with van der Waals surface area (Å²) in [5, 5.41) is 0. The molecule has 2 nitrogen and oxygen atoms in total. The summed E-state index contributed by atoms with van der Waals surface area (Å²) in [6, 6.07) is 0. The van der Waals surface area contributed by atoms with Gasteiger partial charge in [0.25, 0.3) is 0 Å². The minimum absolute atomic E-state index is 0.00231. The lowest BCUT2D eigenvalue weighted by atomic mass is 10.00. The molecule has 5 atom stereocenters. The lowest BCUT2D eigenvalue weighted by Gasteiger charge is -2.00. The number of carbonyl (C=O) groups excluding carboxylic acids is 2. The lowest BCUT2D eigenvalue weighted by Crippen LogP contribution is -2.11. The summed E-state index contributed by atoms with van der Waals surface area (Å²) in [7, 11) is 0. The number of rotatable bonds is 1. The third-order valence-corrected chi connectivity index (χ3v) is 3.43. The van der Waals surface area contributed by atoms with Crippen LogP contribution in [0, 0.1) is 29.6 Å². The monoisotopic (exact) mass is 135 g/mol. The van der Waals surface area contributed by atoms with Crippen molar-refractivity contribution in [1.29, 1.82) is 0 Å². The predicted molar refractivity (Wildman–Crippen MR) is 32.8 cm³/mol. The molecule has 0 aromatic heterocycles. The fourth-order valence-electron chi connectivity index (χ4n) is 3.00. The molecular formula is C8H7O2. The molecule has 5 unspecified atom stereocenters. The molecular weight excluding hydrogens is 128 g/mol. The first kappa shape index (κ1) is 5.05. The molecule has 2 heteroatoms. The quantitative estimate of drug-likeness (QED) is 0.514. The van der Waals surface area contributed by atoms with Gasteiger partial charge in [0.2, 0.25) is 6.29 Å². The molecule has 1 radical (unpaired) electrons. The van der Waals surface area contributed by atoms with E-state index < -0.39 is 0 Å². The van der Waals surface area contributed by atoms with E-state index in [0.29, 0.717) is 23.5 Å². The summed E-state index contributed by atoms with van der Waals surface area (Å²) in [5.74, 6) is 1.80. The summed E-state index contributed by atoms with van der Waals surface area (Å²) in [5.41, 5.74) is 0. The second-order valence-corrected chi connectivity index (χ2v) is 3.66. The molecule has 4 saturated carbocycles. The molecule has 4 aliphatic carbocycles. The molecule has 0 amide bonds. The first-order chi connectivity index (χ1) is 4.84. The Morgan fingerprint density at radius 2 is 2.30 bits per heavy atom. The van der Waals surface area contributed by atoms with Crippen LogP contribution in [-0.2, 0) is 9.59 Å². The van der Waals surface area contributed by atoms with Crippen molar-refractivity contribution in [2.75, 3.05) is 0 Å². The summed E-state index contributed by atoms with van der Waals surface area (Å²) in [4.78, 5) is 21.5. The van der Waals surface area contributed by atoms with Crippen LogP contribution in [-0.4, -0.2) is 12.1 Å². The van der Waals surface area contributed by atoms with Gasteiger partial charge in [-0.1, -0.05) is 0 Å². The Labute approximate surface area is 58.6 Å². The normalized spacial score (nSPS) is 61.2. The van der Waals surface area contributed by atoms with Crippen LogP contribution in [0.15, 0.2) is 0 Å². The Morgan fingerprint density at radius 3 is 2.50 bits per heavy atom. The van der Waals surface area contributed by atoms with Crippen molar-refractivity contribution in [2.45, 2.75) is 6.42 Å². The van der Waals surface area contributed by atoms with Crippen LogP contribution in [0.25, 0.3) is 0 Å². The predicted octanol–water partition coefficient (Wildman–Crippen LogP) is 0.177. The van der Waals surface area contributed by atoms with E-state index in [-0.39, 0.29) is 11.8 Å². The van der Waals surface area contributed by atoms with Gasteiger partial charge in [0.1, 0.15) is 5.78 Å². The minimum Gasteiger partial charge on any atom is -0.299 e. The third kappa shape index (κ3) is 0.300. The van der Waals surface area contributed by atoms with Crippen molar-refractivity contribution in [1.82, 2.24) is 0 Å². The van der Waals surface area contributed by atoms with Crippen LogP contribution in [0.5, 0.6) is 0 Å². The molecule has 4 fully saturated rings. The van der Waals surface area contributed by atoms with Gasteiger partial charge in [-0.2, -0.15) is 0 Å². The van der Waals surface area contributed by atoms with Crippen LogP contribution < -0.4 is 0 Å². The minimum atomic E-state index is 0.00231. The summed E-state index contributed by atoms with van der Waals surface area (Å²) < 4.78 is 0. The second kappa shape index (κ2) is 1.20. The van der Waals surface area contributed by atoms with E-state index >= 15 is 0 Å². The van der Waals surface area contributed by atoms with E-state index in [0.717, 1.165) is 6.42 Å². The fourth-order valence-corrected chi connectivity index (χ4v) is 3.00. The highest BCUT2D eigenvalue weighted by atomic mass is 16.1. The van der Waals surface area contributed by atoms with Crippen LogP contribution in [0.1, 0.15) is 6.42 Å². The van der Waals surface area contributed by atoms with E-state index in [4.69, 9.17) is 0 Å². The number of Topliss-reactive ketones (excluding diaryl/α,β-unsaturated/α-hetero) is 1. The van der Waals surface area contributed by atoms with Gasteiger partial charge in [0.15, 0.2) is 0 Å². The molecule has 0 aromatic rings. The van der Waals surface area contributed by atoms with Gasteiger partial charge in [-0.05, 0) is 18.3 Å². The molecule has 0 saturated heterocycles. The number of hydrogen-bond donors (Lipinski definition) is 0. The van der Waals surface area contributed by atoms with Crippen LogP contribution >= 0.6 is 0 Å². The summed E-state index contributed by atoms with van der Waals surface area (Å²) in [6.07, 6.45) is 3.00. The van der Waals surface area contributed by atoms with Gasteiger partial charge in [-0.3, -0.25) is 9.59 Å². The molecule has 10 heavy (non-hydrogen) atoms. The van der Waals surface area contributed by atoms with E-state index in [1.807, 2.05) is 6.29 Å². The first-order valence-electron chi connectivity index (χ1n) is 3.76. The number of carbonyl (C=O) groups is 1. The second-order valence-electron chi connectivity index (χ2n) is 3.66. The maximum absolute atomic E-state index is 11.2. The van der Waals surface area contributed by atoms with E-state index in [9.17, 15) is 9.59 Å². The van der Waals surface area contributed by atoms with E-state index in [2.05, 4.69) is 0 Å². The Bertz CT molecular complexity index is 233. The molecule has 0 N–H and O–H groups in total. The first-order valence-corrected chi connectivity index (χ1v) is 3.76. The largest absolute Gasteiger partial charge is 0.299 e. The molecule has 0 aromatic carbocycles.